The van der Waals surface area contributed by atoms with E-state index in [0.717, 1.165) is 11.3 Å². The molecule has 0 unspecified atom stereocenters. The van der Waals surface area contributed by atoms with Crippen LogP contribution in [-0.2, 0) is 0 Å². The standard InChI is InChI=1S/C15H14N6/c1-12-7-9-13(10-8-12)11-16-21-15(18-19-20-21)17-14-5-3-2-4-6-14/h2-11H,1H3,(H,17,18,20). The van der Waals surface area contributed by atoms with Crippen molar-refractivity contribution in [3.8, 4) is 0 Å². The highest BCUT2D eigenvalue weighted by Gasteiger charge is 2.04. The Labute approximate surface area is 122 Å². The van der Waals surface area contributed by atoms with E-state index in [1.807, 2.05) is 61.5 Å². The van der Waals surface area contributed by atoms with Gasteiger partial charge >= 0.3 is 0 Å². The van der Waals surface area contributed by atoms with Crippen molar-refractivity contribution in [2.75, 3.05) is 5.32 Å². The number of rotatable bonds is 4. The minimum Gasteiger partial charge on any atom is -0.321 e. The Hall–Kier alpha value is -3.02. The number of hydrogen-bond acceptors (Lipinski definition) is 5. The van der Waals surface area contributed by atoms with E-state index in [1.165, 1.54) is 10.4 Å². The van der Waals surface area contributed by atoms with Crippen LogP contribution in [0.25, 0.3) is 0 Å². The van der Waals surface area contributed by atoms with E-state index in [-0.39, 0.29) is 0 Å². The molecular formula is C15H14N6. The fourth-order valence-corrected chi connectivity index (χ4v) is 1.76. The van der Waals surface area contributed by atoms with Gasteiger partial charge in [0.25, 0.3) is 5.95 Å². The monoisotopic (exact) mass is 278 g/mol. The summed E-state index contributed by atoms with van der Waals surface area (Å²) in [7, 11) is 0. The van der Waals surface area contributed by atoms with Crippen LogP contribution in [0, 0.1) is 6.92 Å². The molecule has 6 heteroatoms. The quantitative estimate of drug-likeness (QED) is 0.745. The topological polar surface area (TPSA) is 68.0 Å². The Bertz CT molecular complexity index is 730. The summed E-state index contributed by atoms with van der Waals surface area (Å²) in [6.45, 7) is 2.05. The van der Waals surface area contributed by atoms with Crippen molar-refractivity contribution in [2.24, 2.45) is 5.10 Å². The summed E-state index contributed by atoms with van der Waals surface area (Å²) in [6.07, 6.45) is 1.71. The summed E-state index contributed by atoms with van der Waals surface area (Å²) < 4.78 is 0. The summed E-state index contributed by atoms with van der Waals surface area (Å²) in [6, 6.07) is 17.7. The summed E-state index contributed by atoms with van der Waals surface area (Å²) in [5, 5.41) is 18.8. The fourth-order valence-electron chi connectivity index (χ4n) is 1.76. The Morgan fingerprint density at radius 3 is 2.57 bits per heavy atom. The van der Waals surface area contributed by atoms with Crippen LogP contribution in [-0.4, -0.2) is 26.5 Å². The highest BCUT2D eigenvalue weighted by atomic mass is 15.7. The number of aryl methyl sites for hydroxylation is 1. The number of tetrazole rings is 1. The number of para-hydroxylation sites is 1. The molecule has 0 atom stereocenters. The minimum atomic E-state index is 0.463. The zero-order chi connectivity index (χ0) is 14.5. The summed E-state index contributed by atoms with van der Waals surface area (Å²) in [4.78, 5) is 1.35. The van der Waals surface area contributed by atoms with E-state index in [4.69, 9.17) is 0 Å². The Balaban J connectivity index is 1.78. The van der Waals surface area contributed by atoms with Gasteiger partial charge in [-0.25, -0.2) is 0 Å². The Morgan fingerprint density at radius 1 is 1.05 bits per heavy atom. The van der Waals surface area contributed by atoms with Gasteiger partial charge in [0.05, 0.1) is 6.21 Å². The van der Waals surface area contributed by atoms with Crippen molar-refractivity contribution in [1.29, 1.82) is 0 Å². The molecule has 0 fully saturated rings. The smallest absolute Gasteiger partial charge is 0.269 e. The molecule has 0 spiro atoms. The molecule has 0 aliphatic rings. The molecule has 2 aromatic carbocycles. The third-order valence-electron chi connectivity index (χ3n) is 2.88. The van der Waals surface area contributed by atoms with Crippen LogP contribution in [0.1, 0.15) is 11.1 Å². The van der Waals surface area contributed by atoms with Crippen molar-refractivity contribution in [1.82, 2.24) is 20.3 Å². The third-order valence-corrected chi connectivity index (χ3v) is 2.88. The van der Waals surface area contributed by atoms with Gasteiger partial charge < -0.3 is 5.32 Å². The average Bonchev–Trinajstić information content (AvgIpc) is 2.95. The molecule has 0 bridgehead atoms. The van der Waals surface area contributed by atoms with Gasteiger partial charge in [-0.15, -0.1) is 0 Å². The maximum Gasteiger partial charge on any atom is 0.269 e. The molecule has 3 aromatic rings. The van der Waals surface area contributed by atoms with Crippen molar-refractivity contribution in [3.05, 3.63) is 65.7 Å². The van der Waals surface area contributed by atoms with Crippen LogP contribution in [0.3, 0.4) is 0 Å². The van der Waals surface area contributed by atoms with Crippen LogP contribution in [0.4, 0.5) is 11.6 Å². The molecule has 0 saturated heterocycles. The normalized spacial score (nSPS) is 10.9. The van der Waals surface area contributed by atoms with Crippen LogP contribution in [0.2, 0.25) is 0 Å². The molecular weight excluding hydrogens is 264 g/mol. The summed E-state index contributed by atoms with van der Waals surface area (Å²) >= 11 is 0. The van der Waals surface area contributed by atoms with Gasteiger partial charge in [-0.05, 0) is 35.0 Å². The first kappa shape index (κ1) is 13.0. The van der Waals surface area contributed by atoms with Gasteiger partial charge in [0.15, 0.2) is 0 Å². The second-order valence-corrected chi connectivity index (χ2v) is 4.54. The van der Waals surface area contributed by atoms with Gasteiger partial charge in [0.2, 0.25) is 0 Å². The lowest BCUT2D eigenvalue weighted by molar-refractivity contribution is 0.699. The van der Waals surface area contributed by atoms with Crippen LogP contribution in [0.15, 0.2) is 59.7 Å². The predicted octanol–water partition coefficient (Wildman–Crippen LogP) is 2.61. The maximum atomic E-state index is 4.26. The van der Waals surface area contributed by atoms with Gasteiger partial charge in [-0.1, -0.05) is 57.9 Å². The number of benzene rings is 2. The van der Waals surface area contributed by atoms with Crippen molar-refractivity contribution in [3.63, 3.8) is 0 Å². The number of anilines is 2. The molecule has 0 radical (unpaired) electrons. The van der Waals surface area contributed by atoms with E-state index in [2.05, 4.69) is 25.9 Å². The SMILES string of the molecule is Cc1ccc(C=Nn2nnnc2Nc2ccccc2)cc1. The van der Waals surface area contributed by atoms with Gasteiger partial charge in [0.1, 0.15) is 0 Å². The molecule has 1 aromatic heterocycles. The number of hydrogen-bond donors (Lipinski definition) is 1. The molecule has 104 valence electrons. The molecule has 0 amide bonds. The van der Waals surface area contributed by atoms with Gasteiger partial charge in [0, 0.05) is 5.69 Å². The Kier molecular flexibility index (Phi) is 3.68. The van der Waals surface area contributed by atoms with Crippen molar-refractivity contribution in [2.45, 2.75) is 6.92 Å². The predicted molar refractivity (Wildman–Crippen MR) is 81.7 cm³/mol. The molecule has 21 heavy (non-hydrogen) atoms. The lowest BCUT2D eigenvalue weighted by atomic mass is 10.2. The molecule has 0 aliphatic carbocycles. The maximum absolute atomic E-state index is 4.26. The van der Waals surface area contributed by atoms with E-state index in [1.54, 1.807) is 6.21 Å². The van der Waals surface area contributed by atoms with E-state index < -0.39 is 0 Å². The first-order chi connectivity index (χ1) is 10.3. The highest BCUT2D eigenvalue weighted by Crippen LogP contribution is 2.12. The van der Waals surface area contributed by atoms with Crippen molar-refractivity contribution < 1.29 is 0 Å². The molecule has 3 rings (SSSR count). The fraction of sp³-hybridized carbons (Fsp3) is 0.0667. The highest BCUT2D eigenvalue weighted by molar-refractivity contribution is 5.79. The lowest BCUT2D eigenvalue weighted by Crippen LogP contribution is -2.01. The minimum absolute atomic E-state index is 0.463. The van der Waals surface area contributed by atoms with E-state index >= 15 is 0 Å². The third kappa shape index (κ3) is 3.30. The second kappa shape index (κ2) is 5.96. The molecule has 6 nitrogen and oxygen atoms in total. The Morgan fingerprint density at radius 2 is 1.81 bits per heavy atom. The number of nitrogens with one attached hydrogen (secondary N) is 1. The molecule has 0 aliphatic heterocycles. The van der Waals surface area contributed by atoms with Crippen LogP contribution >= 0.6 is 0 Å². The molecule has 1 heterocycles. The van der Waals surface area contributed by atoms with Crippen LogP contribution in [0.5, 0.6) is 0 Å². The lowest BCUT2D eigenvalue weighted by Gasteiger charge is -2.02. The average molecular weight is 278 g/mol. The zero-order valence-corrected chi connectivity index (χ0v) is 11.5. The first-order valence-electron chi connectivity index (χ1n) is 6.53. The van der Waals surface area contributed by atoms with Gasteiger partial charge in [-0.2, -0.15) is 5.10 Å². The number of nitrogens with zero attached hydrogens (tertiary/aromatic N) is 5. The number of aromatic nitrogens is 4. The largest absolute Gasteiger partial charge is 0.321 e. The van der Waals surface area contributed by atoms with Gasteiger partial charge in [-0.3, -0.25) is 0 Å². The van der Waals surface area contributed by atoms with Crippen LogP contribution < -0.4 is 5.32 Å². The van der Waals surface area contributed by atoms with Crippen molar-refractivity contribution >= 4 is 17.9 Å². The van der Waals surface area contributed by atoms with E-state index in [9.17, 15) is 0 Å². The molecule has 0 saturated carbocycles. The second-order valence-electron chi connectivity index (χ2n) is 4.54. The first-order valence-corrected chi connectivity index (χ1v) is 6.53. The van der Waals surface area contributed by atoms with E-state index in [0.29, 0.717) is 5.95 Å². The summed E-state index contributed by atoms with van der Waals surface area (Å²) in [5.74, 6) is 0.463. The molecule has 1 N–H and O–H groups in total. The zero-order valence-electron chi connectivity index (χ0n) is 11.5. The summed E-state index contributed by atoms with van der Waals surface area (Å²) in [5.41, 5.74) is 3.10.